The van der Waals surface area contributed by atoms with Crippen LogP contribution in [0.2, 0.25) is 0 Å². The Bertz CT molecular complexity index is 773. The van der Waals surface area contributed by atoms with Crippen molar-refractivity contribution in [2.45, 2.75) is 37.4 Å². The van der Waals surface area contributed by atoms with Gasteiger partial charge in [-0.15, -0.1) is 0 Å². The molecule has 1 heterocycles. The second-order valence-electron chi connectivity index (χ2n) is 6.58. The van der Waals surface area contributed by atoms with Crippen molar-refractivity contribution in [3.63, 3.8) is 0 Å². The van der Waals surface area contributed by atoms with Crippen LogP contribution in [-0.2, 0) is 30.4 Å². The van der Waals surface area contributed by atoms with Crippen LogP contribution in [0.15, 0.2) is 12.5 Å². The van der Waals surface area contributed by atoms with E-state index < -0.39 is 60.7 Å². The number of nitrogens with zero attached hydrogens (tertiary/aromatic N) is 1. The van der Waals surface area contributed by atoms with Crippen LogP contribution in [0.1, 0.15) is 18.5 Å². The SMILES string of the molecule is CSCCC(NC(=O)CNC(=O)C(N)Cc1cnc[nH]1)C(=O)NC(CC(N)=O)C(=O)O. The van der Waals surface area contributed by atoms with E-state index in [4.69, 9.17) is 16.6 Å². The lowest BCUT2D eigenvalue weighted by Crippen LogP contribution is -2.54. The number of hydrogen-bond donors (Lipinski definition) is 7. The number of rotatable bonds is 14. The molecule has 9 N–H and O–H groups in total. The molecule has 0 saturated heterocycles. The fourth-order valence-electron chi connectivity index (χ4n) is 2.45. The van der Waals surface area contributed by atoms with E-state index >= 15 is 0 Å². The van der Waals surface area contributed by atoms with Gasteiger partial charge in [0.05, 0.1) is 25.3 Å². The highest BCUT2D eigenvalue weighted by Crippen LogP contribution is 2.03. The summed E-state index contributed by atoms with van der Waals surface area (Å²) in [6.45, 7) is -0.428. The van der Waals surface area contributed by atoms with E-state index in [1.165, 1.54) is 24.3 Å². The lowest BCUT2D eigenvalue weighted by Gasteiger charge is -2.21. The standard InChI is InChI=1S/C17H27N7O6S/c1-31-3-2-11(16(28)24-12(17(29)30)5-13(19)25)23-14(26)7-21-15(27)10(18)4-9-6-20-8-22-9/h6,8,10-12H,2-5,7,18H2,1H3,(H2,19,25)(H,20,22)(H,21,27)(H,23,26)(H,24,28)(H,29,30). The molecular weight excluding hydrogens is 430 g/mol. The predicted molar refractivity (Wildman–Crippen MR) is 112 cm³/mol. The summed E-state index contributed by atoms with van der Waals surface area (Å²) >= 11 is 1.42. The maximum Gasteiger partial charge on any atom is 0.326 e. The molecule has 4 amide bonds. The van der Waals surface area contributed by atoms with Crippen molar-refractivity contribution in [3.05, 3.63) is 18.2 Å². The monoisotopic (exact) mass is 457 g/mol. The number of amides is 4. The third-order valence-electron chi connectivity index (χ3n) is 4.04. The summed E-state index contributed by atoms with van der Waals surface area (Å²) in [5, 5.41) is 16.1. The zero-order valence-electron chi connectivity index (χ0n) is 16.9. The van der Waals surface area contributed by atoms with Crippen LogP contribution in [0.5, 0.6) is 0 Å². The molecule has 1 aromatic rings. The molecule has 0 radical (unpaired) electrons. The molecule has 0 bridgehead atoms. The highest BCUT2D eigenvalue weighted by molar-refractivity contribution is 7.98. The maximum atomic E-state index is 12.4. The first kappa shape index (κ1) is 25.9. The summed E-state index contributed by atoms with van der Waals surface area (Å²) in [4.78, 5) is 65.5. The van der Waals surface area contributed by atoms with Gasteiger partial charge in [0.2, 0.25) is 23.6 Å². The number of nitrogens with two attached hydrogens (primary N) is 2. The van der Waals surface area contributed by atoms with E-state index in [1.807, 2.05) is 0 Å². The quantitative estimate of drug-likeness (QED) is 0.152. The molecule has 0 spiro atoms. The number of H-pyrrole nitrogens is 1. The highest BCUT2D eigenvalue weighted by atomic mass is 32.2. The lowest BCUT2D eigenvalue weighted by molar-refractivity contribution is -0.143. The Hall–Kier alpha value is -3.13. The van der Waals surface area contributed by atoms with Crippen LogP contribution >= 0.6 is 11.8 Å². The van der Waals surface area contributed by atoms with Gasteiger partial charge in [-0.25, -0.2) is 9.78 Å². The normalized spacial score (nSPS) is 13.5. The molecule has 14 heteroatoms. The molecule has 3 unspecified atom stereocenters. The number of carbonyl (C=O) groups is 5. The zero-order valence-corrected chi connectivity index (χ0v) is 17.7. The van der Waals surface area contributed by atoms with Crippen molar-refractivity contribution in [3.8, 4) is 0 Å². The number of thioether (sulfide) groups is 1. The second-order valence-corrected chi connectivity index (χ2v) is 7.56. The van der Waals surface area contributed by atoms with Gasteiger partial charge in [-0.1, -0.05) is 0 Å². The zero-order chi connectivity index (χ0) is 23.4. The number of aromatic nitrogens is 2. The van der Waals surface area contributed by atoms with E-state index in [-0.39, 0.29) is 12.8 Å². The molecule has 13 nitrogen and oxygen atoms in total. The third kappa shape index (κ3) is 9.95. The summed E-state index contributed by atoms with van der Waals surface area (Å²) in [5.74, 6) is -3.84. The molecule has 3 atom stereocenters. The van der Waals surface area contributed by atoms with Crippen molar-refractivity contribution in [1.29, 1.82) is 0 Å². The van der Waals surface area contributed by atoms with Crippen LogP contribution in [0.3, 0.4) is 0 Å². The minimum absolute atomic E-state index is 0.197. The Morgan fingerprint density at radius 2 is 1.90 bits per heavy atom. The number of nitrogens with one attached hydrogen (secondary N) is 4. The topological polar surface area (TPSA) is 222 Å². The first-order valence-electron chi connectivity index (χ1n) is 9.24. The van der Waals surface area contributed by atoms with E-state index in [1.54, 1.807) is 6.26 Å². The highest BCUT2D eigenvalue weighted by Gasteiger charge is 2.27. The lowest BCUT2D eigenvalue weighted by atomic mass is 10.1. The Labute approximate surface area is 182 Å². The summed E-state index contributed by atoms with van der Waals surface area (Å²) in [6, 6.07) is -3.49. The van der Waals surface area contributed by atoms with Crippen molar-refractivity contribution in [1.82, 2.24) is 25.9 Å². The number of imidazole rings is 1. The first-order chi connectivity index (χ1) is 14.6. The van der Waals surface area contributed by atoms with E-state index in [0.29, 0.717) is 11.4 Å². The number of aromatic amines is 1. The van der Waals surface area contributed by atoms with Gasteiger partial charge in [0.15, 0.2) is 0 Å². The van der Waals surface area contributed by atoms with Gasteiger partial charge in [0, 0.05) is 18.3 Å². The van der Waals surface area contributed by atoms with Crippen molar-refractivity contribution in [2.75, 3.05) is 18.6 Å². The smallest absolute Gasteiger partial charge is 0.326 e. The fraction of sp³-hybridized carbons (Fsp3) is 0.529. The van der Waals surface area contributed by atoms with Gasteiger partial charge in [-0.05, 0) is 18.4 Å². The number of carboxylic acid groups (broad SMARTS) is 1. The number of hydrogen-bond acceptors (Lipinski definition) is 8. The van der Waals surface area contributed by atoms with E-state index in [2.05, 4.69) is 25.9 Å². The van der Waals surface area contributed by atoms with E-state index in [9.17, 15) is 24.0 Å². The van der Waals surface area contributed by atoms with Gasteiger partial charge >= 0.3 is 5.97 Å². The van der Waals surface area contributed by atoms with Crippen LogP contribution in [0.25, 0.3) is 0 Å². The molecule has 0 fully saturated rings. The maximum absolute atomic E-state index is 12.4. The van der Waals surface area contributed by atoms with Crippen LogP contribution < -0.4 is 27.4 Å². The summed E-state index contributed by atoms with van der Waals surface area (Å²) in [5.41, 5.74) is 11.4. The van der Waals surface area contributed by atoms with Crippen molar-refractivity contribution >= 4 is 41.4 Å². The molecule has 1 aromatic heterocycles. The molecular formula is C17H27N7O6S. The predicted octanol–water partition coefficient (Wildman–Crippen LogP) is -2.92. The fourth-order valence-corrected chi connectivity index (χ4v) is 2.92. The summed E-state index contributed by atoms with van der Waals surface area (Å²) in [6.07, 6.45) is 4.58. The van der Waals surface area contributed by atoms with Gasteiger partial charge in [0.1, 0.15) is 12.1 Å². The second kappa shape index (κ2) is 13.2. The largest absolute Gasteiger partial charge is 0.480 e. The third-order valence-corrected chi connectivity index (χ3v) is 4.68. The Morgan fingerprint density at radius 1 is 1.19 bits per heavy atom. The number of carbonyl (C=O) groups excluding carboxylic acids is 4. The van der Waals surface area contributed by atoms with Crippen molar-refractivity contribution in [2.24, 2.45) is 11.5 Å². The van der Waals surface area contributed by atoms with Crippen LogP contribution in [-0.4, -0.2) is 81.4 Å². The molecule has 172 valence electrons. The van der Waals surface area contributed by atoms with Gasteiger partial charge in [0.25, 0.3) is 0 Å². The Kier molecular flexibility index (Phi) is 11.1. The minimum Gasteiger partial charge on any atom is -0.480 e. The van der Waals surface area contributed by atoms with Gasteiger partial charge in [-0.2, -0.15) is 11.8 Å². The average Bonchev–Trinajstić information content (AvgIpc) is 3.21. The molecule has 0 aliphatic heterocycles. The van der Waals surface area contributed by atoms with Gasteiger partial charge < -0.3 is 37.5 Å². The summed E-state index contributed by atoms with van der Waals surface area (Å²) in [7, 11) is 0. The minimum atomic E-state index is -1.51. The number of carboxylic acids is 1. The molecule has 0 aliphatic rings. The molecule has 0 aliphatic carbocycles. The molecule has 31 heavy (non-hydrogen) atoms. The molecule has 1 rings (SSSR count). The Balaban J connectivity index is 2.61. The number of aliphatic carboxylic acids is 1. The Morgan fingerprint density at radius 3 is 2.45 bits per heavy atom. The molecule has 0 saturated carbocycles. The van der Waals surface area contributed by atoms with Gasteiger partial charge in [-0.3, -0.25) is 19.2 Å². The number of primary amides is 1. The van der Waals surface area contributed by atoms with Crippen molar-refractivity contribution < 1.29 is 29.1 Å². The first-order valence-corrected chi connectivity index (χ1v) is 10.6. The van der Waals surface area contributed by atoms with E-state index in [0.717, 1.165) is 0 Å². The summed E-state index contributed by atoms with van der Waals surface area (Å²) < 4.78 is 0. The van der Waals surface area contributed by atoms with Crippen LogP contribution in [0, 0.1) is 0 Å². The van der Waals surface area contributed by atoms with Crippen LogP contribution in [0.4, 0.5) is 0 Å². The molecule has 0 aromatic carbocycles. The average molecular weight is 458 g/mol.